The first-order valence-electron chi connectivity index (χ1n) is 9.87. The van der Waals surface area contributed by atoms with Gasteiger partial charge in [0.15, 0.2) is 5.11 Å². The third kappa shape index (κ3) is 4.56. The Morgan fingerprint density at radius 1 is 1.19 bits per heavy atom. The molecule has 0 aliphatic carbocycles. The number of thiocarbonyl (C=S) groups is 1. The van der Waals surface area contributed by atoms with E-state index in [1.807, 2.05) is 31.2 Å². The largest absolute Gasteiger partial charge is 0.362 e. The highest BCUT2D eigenvalue weighted by atomic mass is 32.1. The van der Waals surface area contributed by atoms with Gasteiger partial charge in [0, 0.05) is 30.2 Å². The molecule has 2 heterocycles. The molecule has 2 saturated heterocycles. The Labute approximate surface area is 162 Å². The van der Waals surface area contributed by atoms with Crippen LogP contribution in [0.15, 0.2) is 24.3 Å². The molecule has 1 aromatic rings. The topological polar surface area (TPSA) is 44.4 Å². The Morgan fingerprint density at radius 2 is 1.81 bits per heavy atom. The Bertz CT molecular complexity index is 629. The molecule has 0 saturated carbocycles. The number of benzene rings is 1. The molecule has 2 aliphatic rings. The summed E-state index contributed by atoms with van der Waals surface area (Å²) >= 11 is 5.69. The minimum Gasteiger partial charge on any atom is -0.362 e. The van der Waals surface area contributed by atoms with Gasteiger partial charge in [-0.1, -0.05) is 31.5 Å². The Balaban J connectivity index is 1.61. The predicted octanol–water partition coefficient (Wildman–Crippen LogP) is 3.64. The monoisotopic (exact) mass is 373 g/mol. The van der Waals surface area contributed by atoms with E-state index in [0.29, 0.717) is 18.0 Å². The summed E-state index contributed by atoms with van der Waals surface area (Å²) < 4.78 is 0. The summed E-state index contributed by atoms with van der Waals surface area (Å²) in [7, 11) is 0. The Hall–Kier alpha value is -1.62. The van der Waals surface area contributed by atoms with E-state index in [9.17, 15) is 4.79 Å². The molecule has 0 radical (unpaired) electrons. The van der Waals surface area contributed by atoms with E-state index in [4.69, 9.17) is 12.2 Å². The minimum atomic E-state index is 0.0435. The van der Waals surface area contributed by atoms with Crippen LogP contribution in [0.1, 0.15) is 61.9 Å². The van der Waals surface area contributed by atoms with Crippen molar-refractivity contribution >= 4 is 23.2 Å². The van der Waals surface area contributed by atoms with Gasteiger partial charge in [0.25, 0.3) is 5.91 Å². The zero-order valence-electron chi connectivity index (χ0n) is 16.1. The van der Waals surface area contributed by atoms with Crippen LogP contribution in [-0.4, -0.2) is 40.6 Å². The van der Waals surface area contributed by atoms with Crippen molar-refractivity contribution in [1.82, 2.24) is 15.5 Å². The van der Waals surface area contributed by atoms with Crippen LogP contribution in [0.5, 0.6) is 0 Å². The fraction of sp³-hybridized carbons (Fsp3) is 0.619. The van der Waals surface area contributed by atoms with E-state index >= 15 is 0 Å². The fourth-order valence-corrected chi connectivity index (χ4v) is 4.57. The standard InChI is InChI=1S/C21H31N3OS/c1-14(2)13-22-21(26)24-18-5-4-6-19(24)12-17(11-18)23-20(25)16-9-7-15(3)8-10-16/h7-10,14,17-19H,4-6,11-13H2,1-3H3,(H,22,26)(H,23,25)/t17?,18-,19+. The second kappa shape index (κ2) is 8.38. The van der Waals surface area contributed by atoms with Crippen molar-refractivity contribution in [2.75, 3.05) is 6.54 Å². The molecular weight excluding hydrogens is 342 g/mol. The number of carbonyl (C=O) groups excluding carboxylic acids is 1. The molecule has 2 fully saturated rings. The maximum atomic E-state index is 12.6. The molecule has 3 atom stereocenters. The number of nitrogens with zero attached hydrogens (tertiary/aromatic N) is 1. The Kier molecular flexibility index (Phi) is 6.17. The second-order valence-electron chi connectivity index (χ2n) is 8.23. The lowest BCUT2D eigenvalue weighted by Crippen LogP contribution is -2.61. The summed E-state index contributed by atoms with van der Waals surface area (Å²) in [6, 6.07) is 8.92. The van der Waals surface area contributed by atoms with Gasteiger partial charge in [0.05, 0.1) is 0 Å². The van der Waals surface area contributed by atoms with Crippen molar-refractivity contribution in [3.63, 3.8) is 0 Å². The van der Waals surface area contributed by atoms with Gasteiger partial charge in [-0.25, -0.2) is 0 Å². The van der Waals surface area contributed by atoms with Gasteiger partial charge < -0.3 is 15.5 Å². The van der Waals surface area contributed by atoms with Crippen LogP contribution < -0.4 is 10.6 Å². The van der Waals surface area contributed by atoms with Crippen LogP contribution in [0.4, 0.5) is 0 Å². The van der Waals surface area contributed by atoms with Crippen LogP contribution in [0, 0.1) is 12.8 Å². The van der Waals surface area contributed by atoms with Gasteiger partial charge in [-0.3, -0.25) is 4.79 Å². The first kappa shape index (κ1) is 19.2. The van der Waals surface area contributed by atoms with E-state index < -0.39 is 0 Å². The fourth-order valence-electron chi connectivity index (χ4n) is 4.19. The summed E-state index contributed by atoms with van der Waals surface area (Å²) in [5.74, 6) is 0.626. The highest BCUT2D eigenvalue weighted by Gasteiger charge is 2.39. The molecule has 5 heteroatoms. The molecule has 142 valence electrons. The maximum Gasteiger partial charge on any atom is 0.251 e. The molecular formula is C21H31N3OS. The van der Waals surface area contributed by atoms with Gasteiger partial charge in [-0.05, 0) is 69.3 Å². The van der Waals surface area contributed by atoms with Gasteiger partial charge in [0.2, 0.25) is 0 Å². The highest BCUT2D eigenvalue weighted by Crippen LogP contribution is 2.34. The number of carbonyl (C=O) groups is 1. The molecule has 2 aliphatic heterocycles. The zero-order valence-corrected chi connectivity index (χ0v) is 16.9. The van der Waals surface area contributed by atoms with Crippen LogP contribution in [0.3, 0.4) is 0 Å². The lowest BCUT2D eigenvalue weighted by molar-refractivity contribution is 0.0739. The van der Waals surface area contributed by atoms with Crippen molar-refractivity contribution in [3.05, 3.63) is 35.4 Å². The summed E-state index contributed by atoms with van der Waals surface area (Å²) in [5, 5.41) is 7.60. The summed E-state index contributed by atoms with van der Waals surface area (Å²) in [6.45, 7) is 7.35. The smallest absolute Gasteiger partial charge is 0.251 e. The Morgan fingerprint density at radius 3 is 2.38 bits per heavy atom. The third-order valence-corrected chi connectivity index (χ3v) is 5.87. The number of nitrogens with one attached hydrogen (secondary N) is 2. The van der Waals surface area contributed by atoms with E-state index in [-0.39, 0.29) is 11.9 Å². The third-order valence-electron chi connectivity index (χ3n) is 5.52. The molecule has 0 spiro atoms. The van der Waals surface area contributed by atoms with Gasteiger partial charge in [-0.15, -0.1) is 0 Å². The molecule has 2 N–H and O–H groups in total. The lowest BCUT2D eigenvalue weighted by atomic mass is 9.82. The number of aryl methyl sites for hydroxylation is 1. The van der Waals surface area contributed by atoms with Crippen LogP contribution in [0.2, 0.25) is 0 Å². The number of hydrogen-bond acceptors (Lipinski definition) is 2. The van der Waals surface area contributed by atoms with E-state index in [1.165, 1.54) is 12.0 Å². The second-order valence-corrected chi connectivity index (χ2v) is 8.62. The maximum absolute atomic E-state index is 12.6. The first-order valence-corrected chi connectivity index (χ1v) is 10.3. The number of hydrogen-bond donors (Lipinski definition) is 2. The number of rotatable bonds is 4. The van der Waals surface area contributed by atoms with E-state index in [2.05, 4.69) is 29.4 Å². The molecule has 1 amide bonds. The van der Waals surface area contributed by atoms with E-state index in [0.717, 1.165) is 42.9 Å². The van der Waals surface area contributed by atoms with Crippen molar-refractivity contribution < 1.29 is 4.79 Å². The molecule has 2 bridgehead atoms. The molecule has 1 unspecified atom stereocenters. The summed E-state index contributed by atoms with van der Waals surface area (Å²) in [4.78, 5) is 15.0. The van der Waals surface area contributed by atoms with Crippen LogP contribution in [0.25, 0.3) is 0 Å². The highest BCUT2D eigenvalue weighted by molar-refractivity contribution is 7.80. The average Bonchev–Trinajstić information content (AvgIpc) is 2.59. The quantitative estimate of drug-likeness (QED) is 0.791. The molecule has 0 aromatic heterocycles. The predicted molar refractivity (Wildman–Crippen MR) is 110 cm³/mol. The summed E-state index contributed by atoms with van der Waals surface area (Å²) in [6.07, 6.45) is 5.56. The minimum absolute atomic E-state index is 0.0435. The van der Waals surface area contributed by atoms with Gasteiger partial charge >= 0.3 is 0 Å². The molecule has 26 heavy (non-hydrogen) atoms. The molecule has 4 nitrogen and oxygen atoms in total. The normalized spacial score (nSPS) is 25.1. The number of fused-ring (bicyclic) bond motifs is 2. The average molecular weight is 374 g/mol. The number of piperidine rings is 2. The molecule has 1 aromatic carbocycles. The van der Waals surface area contributed by atoms with Gasteiger partial charge in [0.1, 0.15) is 0 Å². The molecule has 3 rings (SSSR count). The first-order chi connectivity index (χ1) is 12.4. The summed E-state index contributed by atoms with van der Waals surface area (Å²) in [5.41, 5.74) is 1.92. The number of amides is 1. The zero-order chi connectivity index (χ0) is 18.7. The van der Waals surface area contributed by atoms with E-state index in [1.54, 1.807) is 0 Å². The SMILES string of the molecule is Cc1ccc(C(=O)NC2C[C@H]3CCC[C@@H](C2)N3C(=S)NCC(C)C)cc1. The van der Waals surface area contributed by atoms with Crippen LogP contribution >= 0.6 is 12.2 Å². The van der Waals surface area contributed by atoms with Gasteiger partial charge in [-0.2, -0.15) is 0 Å². The van der Waals surface area contributed by atoms with Crippen molar-refractivity contribution in [1.29, 1.82) is 0 Å². The van der Waals surface area contributed by atoms with Crippen molar-refractivity contribution in [2.24, 2.45) is 5.92 Å². The van der Waals surface area contributed by atoms with Crippen LogP contribution in [-0.2, 0) is 0 Å². The van der Waals surface area contributed by atoms with Crippen molar-refractivity contribution in [3.8, 4) is 0 Å². The van der Waals surface area contributed by atoms with Crippen molar-refractivity contribution in [2.45, 2.75) is 71.0 Å². The lowest BCUT2D eigenvalue weighted by Gasteiger charge is -2.50.